The maximum absolute atomic E-state index is 13.0. The number of H-pyrrole nitrogens is 1. The SMILES string of the molecule is CCCC(C)(NC(=O)c1cccc2c3c([nH]c12)CCC(C)C3)C(=O)OC. The molecule has 1 amide bonds. The normalized spacial score (nSPS) is 18.8. The third-order valence-electron chi connectivity index (χ3n) is 5.49. The molecule has 1 aromatic carbocycles. The highest BCUT2D eigenvalue weighted by Crippen LogP contribution is 2.33. The van der Waals surface area contributed by atoms with Gasteiger partial charge in [0.1, 0.15) is 5.54 Å². The molecule has 2 unspecified atom stereocenters. The summed E-state index contributed by atoms with van der Waals surface area (Å²) < 4.78 is 4.91. The smallest absolute Gasteiger partial charge is 0.331 e. The lowest BCUT2D eigenvalue weighted by atomic mass is 9.87. The van der Waals surface area contributed by atoms with Gasteiger partial charge in [0.15, 0.2) is 0 Å². The fraction of sp³-hybridized carbons (Fsp3) is 0.524. The Morgan fingerprint density at radius 3 is 2.85 bits per heavy atom. The fourth-order valence-electron chi connectivity index (χ4n) is 4.06. The molecule has 140 valence electrons. The molecule has 2 atom stereocenters. The van der Waals surface area contributed by atoms with Gasteiger partial charge in [-0.25, -0.2) is 4.79 Å². The van der Waals surface area contributed by atoms with E-state index in [1.807, 2.05) is 19.1 Å². The first kappa shape index (κ1) is 18.5. The molecule has 0 radical (unpaired) electrons. The number of fused-ring (bicyclic) bond motifs is 3. The molecule has 26 heavy (non-hydrogen) atoms. The van der Waals surface area contributed by atoms with Gasteiger partial charge in [0.25, 0.3) is 5.91 Å². The Bertz CT molecular complexity index is 839. The summed E-state index contributed by atoms with van der Waals surface area (Å²) in [5.41, 5.74) is 2.99. The number of esters is 1. The summed E-state index contributed by atoms with van der Waals surface area (Å²) in [5.74, 6) is -0.00534. The number of hydrogen-bond acceptors (Lipinski definition) is 3. The topological polar surface area (TPSA) is 71.2 Å². The summed E-state index contributed by atoms with van der Waals surface area (Å²) in [5, 5.41) is 4.03. The average molecular weight is 356 g/mol. The zero-order chi connectivity index (χ0) is 18.9. The van der Waals surface area contributed by atoms with Crippen LogP contribution in [0.5, 0.6) is 0 Å². The van der Waals surface area contributed by atoms with E-state index in [-0.39, 0.29) is 5.91 Å². The van der Waals surface area contributed by atoms with Crippen molar-refractivity contribution in [2.75, 3.05) is 7.11 Å². The third-order valence-corrected chi connectivity index (χ3v) is 5.49. The Morgan fingerprint density at radius 1 is 1.38 bits per heavy atom. The van der Waals surface area contributed by atoms with Crippen molar-refractivity contribution in [1.82, 2.24) is 10.3 Å². The largest absolute Gasteiger partial charge is 0.467 e. The highest BCUT2D eigenvalue weighted by atomic mass is 16.5. The maximum atomic E-state index is 13.0. The number of ether oxygens (including phenoxy) is 1. The van der Waals surface area contributed by atoms with Gasteiger partial charge in [0, 0.05) is 11.1 Å². The number of para-hydroxylation sites is 1. The Balaban J connectivity index is 1.97. The first-order valence-electron chi connectivity index (χ1n) is 9.43. The number of benzene rings is 1. The number of amides is 1. The lowest BCUT2D eigenvalue weighted by Crippen LogP contribution is -2.52. The highest BCUT2D eigenvalue weighted by Gasteiger charge is 2.36. The van der Waals surface area contributed by atoms with Crippen molar-refractivity contribution in [3.8, 4) is 0 Å². The van der Waals surface area contributed by atoms with E-state index >= 15 is 0 Å². The number of aromatic amines is 1. The summed E-state index contributed by atoms with van der Waals surface area (Å²) in [6.07, 6.45) is 4.52. The predicted octanol–water partition coefficient (Wildman–Crippen LogP) is 3.75. The van der Waals surface area contributed by atoms with Gasteiger partial charge in [0.2, 0.25) is 0 Å². The Hall–Kier alpha value is -2.30. The Labute approximate surface area is 154 Å². The zero-order valence-electron chi connectivity index (χ0n) is 16.1. The molecule has 1 aliphatic carbocycles. The van der Waals surface area contributed by atoms with Gasteiger partial charge in [-0.3, -0.25) is 4.79 Å². The van der Waals surface area contributed by atoms with Crippen molar-refractivity contribution < 1.29 is 14.3 Å². The second-order valence-corrected chi connectivity index (χ2v) is 7.69. The summed E-state index contributed by atoms with van der Waals surface area (Å²) in [4.78, 5) is 28.7. The van der Waals surface area contributed by atoms with Gasteiger partial charge in [-0.2, -0.15) is 0 Å². The molecular weight excluding hydrogens is 328 g/mol. The number of aromatic nitrogens is 1. The molecule has 0 aliphatic heterocycles. The molecule has 2 N–H and O–H groups in total. The minimum atomic E-state index is -1.02. The van der Waals surface area contributed by atoms with Crippen LogP contribution in [0.3, 0.4) is 0 Å². The van der Waals surface area contributed by atoms with E-state index in [4.69, 9.17) is 4.74 Å². The summed E-state index contributed by atoms with van der Waals surface area (Å²) in [7, 11) is 1.35. The first-order valence-corrected chi connectivity index (χ1v) is 9.43. The van der Waals surface area contributed by atoms with Crippen LogP contribution in [-0.2, 0) is 22.4 Å². The standard InChI is InChI=1S/C21H28N2O3/c1-5-11-21(3,20(25)26-4)23-19(24)15-8-6-7-14-16-12-13(2)9-10-17(16)22-18(14)15/h6-8,13,22H,5,9-12H2,1-4H3,(H,23,24). The summed E-state index contributed by atoms with van der Waals surface area (Å²) >= 11 is 0. The van der Waals surface area contributed by atoms with E-state index in [1.54, 1.807) is 6.92 Å². The number of carbonyl (C=O) groups excluding carboxylic acids is 2. The van der Waals surface area contributed by atoms with Crippen LogP contribution in [0, 0.1) is 5.92 Å². The molecule has 0 saturated carbocycles. The predicted molar refractivity (Wildman–Crippen MR) is 102 cm³/mol. The summed E-state index contributed by atoms with van der Waals surface area (Å²) in [6.45, 7) is 5.97. The van der Waals surface area contributed by atoms with Crippen LogP contribution in [0.2, 0.25) is 0 Å². The lowest BCUT2D eigenvalue weighted by Gasteiger charge is -2.27. The van der Waals surface area contributed by atoms with Gasteiger partial charge in [-0.05, 0) is 50.2 Å². The molecule has 1 aliphatic rings. The van der Waals surface area contributed by atoms with Crippen molar-refractivity contribution in [2.45, 2.75) is 58.4 Å². The Kier molecular flexibility index (Phi) is 5.08. The number of nitrogens with one attached hydrogen (secondary N) is 2. The van der Waals surface area contributed by atoms with Crippen molar-refractivity contribution in [3.05, 3.63) is 35.0 Å². The molecule has 5 heteroatoms. The van der Waals surface area contributed by atoms with Crippen molar-refractivity contribution >= 4 is 22.8 Å². The van der Waals surface area contributed by atoms with Crippen molar-refractivity contribution in [1.29, 1.82) is 0 Å². The van der Waals surface area contributed by atoms with Crippen molar-refractivity contribution in [2.24, 2.45) is 5.92 Å². The number of aryl methyl sites for hydroxylation is 1. The molecular formula is C21H28N2O3. The Morgan fingerprint density at radius 2 is 2.15 bits per heavy atom. The van der Waals surface area contributed by atoms with Crippen LogP contribution in [-0.4, -0.2) is 29.5 Å². The van der Waals surface area contributed by atoms with Gasteiger partial charge in [-0.1, -0.05) is 32.4 Å². The monoisotopic (exact) mass is 356 g/mol. The molecule has 5 nitrogen and oxygen atoms in total. The van der Waals surface area contributed by atoms with Gasteiger partial charge in [0.05, 0.1) is 18.2 Å². The fourth-order valence-corrected chi connectivity index (χ4v) is 4.06. The molecule has 0 saturated heterocycles. The second kappa shape index (κ2) is 7.14. The first-order chi connectivity index (χ1) is 12.4. The minimum absolute atomic E-state index is 0.247. The van der Waals surface area contributed by atoms with Gasteiger partial charge >= 0.3 is 5.97 Å². The molecule has 1 aromatic heterocycles. The van der Waals surface area contributed by atoms with Crippen LogP contribution < -0.4 is 5.32 Å². The minimum Gasteiger partial charge on any atom is -0.467 e. The average Bonchev–Trinajstić information content (AvgIpc) is 2.98. The van der Waals surface area contributed by atoms with E-state index in [2.05, 4.69) is 23.3 Å². The molecule has 3 rings (SSSR count). The van der Waals surface area contributed by atoms with Crippen LogP contribution in [0.25, 0.3) is 10.9 Å². The second-order valence-electron chi connectivity index (χ2n) is 7.69. The highest BCUT2D eigenvalue weighted by molar-refractivity contribution is 6.08. The third kappa shape index (κ3) is 3.22. The van der Waals surface area contributed by atoms with Gasteiger partial charge < -0.3 is 15.0 Å². The van der Waals surface area contributed by atoms with Crippen LogP contribution >= 0.6 is 0 Å². The summed E-state index contributed by atoms with van der Waals surface area (Å²) in [6, 6.07) is 5.80. The number of rotatable bonds is 5. The van der Waals surface area contributed by atoms with E-state index in [0.29, 0.717) is 17.9 Å². The number of carbonyl (C=O) groups is 2. The van der Waals surface area contributed by atoms with Crippen LogP contribution in [0.15, 0.2) is 18.2 Å². The van der Waals surface area contributed by atoms with E-state index < -0.39 is 11.5 Å². The molecule has 0 spiro atoms. The molecule has 0 fully saturated rings. The zero-order valence-corrected chi connectivity index (χ0v) is 16.1. The van der Waals surface area contributed by atoms with E-state index in [1.165, 1.54) is 18.4 Å². The molecule has 1 heterocycles. The number of methoxy groups -OCH3 is 1. The van der Waals surface area contributed by atoms with Gasteiger partial charge in [-0.15, -0.1) is 0 Å². The lowest BCUT2D eigenvalue weighted by molar-refractivity contribution is -0.147. The van der Waals surface area contributed by atoms with E-state index in [9.17, 15) is 9.59 Å². The quantitative estimate of drug-likeness (QED) is 0.802. The maximum Gasteiger partial charge on any atom is 0.331 e. The van der Waals surface area contributed by atoms with Crippen LogP contribution in [0.4, 0.5) is 0 Å². The van der Waals surface area contributed by atoms with Crippen LogP contribution in [0.1, 0.15) is 61.6 Å². The van der Waals surface area contributed by atoms with E-state index in [0.717, 1.165) is 36.6 Å². The molecule has 2 aromatic rings. The molecule has 0 bridgehead atoms. The van der Waals surface area contributed by atoms with Crippen molar-refractivity contribution in [3.63, 3.8) is 0 Å². The number of hydrogen-bond donors (Lipinski definition) is 2.